The molecule has 8 nitrogen and oxygen atoms in total. The highest BCUT2D eigenvalue weighted by Crippen LogP contribution is 2.37. The summed E-state index contributed by atoms with van der Waals surface area (Å²) >= 11 is 1.74. The summed E-state index contributed by atoms with van der Waals surface area (Å²) in [5, 5.41) is 9.87. The zero-order valence-electron chi connectivity index (χ0n) is 20.9. The molecule has 4 heterocycles. The van der Waals surface area contributed by atoms with Crippen molar-refractivity contribution in [3.63, 3.8) is 0 Å². The number of hydrogen-bond donors (Lipinski definition) is 0. The van der Waals surface area contributed by atoms with Gasteiger partial charge in [-0.2, -0.15) is 9.97 Å². The van der Waals surface area contributed by atoms with Gasteiger partial charge in [-0.15, -0.1) is 21.5 Å². The van der Waals surface area contributed by atoms with Crippen molar-refractivity contribution in [2.75, 3.05) is 24.7 Å². The van der Waals surface area contributed by atoms with Gasteiger partial charge in [0.25, 0.3) is 0 Å². The highest BCUT2D eigenvalue weighted by atomic mass is 32.1. The van der Waals surface area contributed by atoms with Crippen LogP contribution in [0.3, 0.4) is 0 Å². The van der Waals surface area contributed by atoms with Gasteiger partial charge in [-0.3, -0.25) is 0 Å². The summed E-state index contributed by atoms with van der Waals surface area (Å²) in [7, 11) is -1.80. The summed E-state index contributed by atoms with van der Waals surface area (Å²) < 4.78 is 14.5. The molecule has 180 valence electrons. The average Bonchev–Trinajstić information content (AvgIpc) is 3.32. The zero-order valence-corrected chi connectivity index (χ0v) is 22.8. The topological polar surface area (TPSA) is 78.2 Å². The van der Waals surface area contributed by atoms with E-state index in [-0.39, 0.29) is 5.04 Å². The molecule has 0 amide bonds. The minimum Gasteiger partial charge on any atom is -0.461 e. The largest absolute Gasteiger partial charge is 0.461 e. The van der Waals surface area contributed by atoms with Crippen molar-refractivity contribution in [2.45, 2.75) is 78.7 Å². The molecule has 33 heavy (non-hydrogen) atoms. The Bertz CT molecular complexity index is 1120. The number of anilines is 1. The Kier molecular flexibility index (Phi) is 6.79. The summed E-state index contributed by atoms with van der Waals surface area (Å²) in [4.78, 5) is 14.2. The average molecular weight is 489 g/mol. The van der Waals surface area contributed by atoms with Crippen molar-refractivity contribution in [1.82, 2.24) is 24.7 Å². The van der Waals surface area contributed by atoms with E-state index in [1.54, 1.807) is 11.3 Å². The van der Waals surface area contributed by atoms with E-state index in [0.29, 0.717) is 25.8 Å². The van der Waals surface area contributed by atoms with Crippen LogP contribution >= 0.6 is 11.3 Å². The Morgan fingerprint density at radius 1 is 1.12 bits per heavy atom. The fraction of sp³-hybridized carbons (Fsp3) is 0.652. The summed E-state index contributed by atoms with van der Waals surface area (Å²) in [6.45, 7) is 18.8. The third-order valence-corrected chi connectivity index (χ3v) is 12.3. The predicted octanol–water partition coefficient (Wildman–Crippen LogP) is 4.96. The molecule has 0 saturated heterocycles. The standard InChI is InChI=1S/C23H36N6O2SSi/c1-8-9-17-14-18-20(28-10-11-29-16(2)26-27-19(29)15-28)24-22(25-21(18)32-17)30-12-13-31-33(6,7)23(3,4)5/h14H,8-13,15H2,1-7H3. The van der Waals surface area contributed by atoms with Crippen molar-refractivity contribution in [3.05, 3.63) is 22.6 Å². The second-order valence-corrected chi connectivity index (χ2v) is 16.1. The number of ether oxygens (including phenoxy) is 1. The van der Waals surface area contributed by atoms with Gasteiger partial charge >= 0.3 is 6.01 Å². The number of hydrogen-bond acceptors (Lipinski definition) is 8. The summed E-state index contributed by atoms with van der Waals surface area (Å²) in [6, 6.07) is 2.66. The lowest BCUT2D eigenvalue weighted by molar-refractivity contribution is 0.194. The predicted molar refractivity (Wildman–Crippen MR) is 136 cm³/mol. The van der Waals surface area contributed by atoms with E-state index in [9.17, 15) is 0 Å². The minimum absolute atomic E-state index is 0.176. The Morgan fingerprint density at radius 2 is 1.91 bits per heavy atom. The molecule has 0 N–H and O–H groups in total. The second-order valence-electron chi connectivity index (χ2n) is 10.2. The molecule has 3 aromatic heterocycles. The normalized spacial score (nSPS) is 14.7. The number of thiophene rings is 1. The van der Waals surface area contributed by atoms with Crippen molar-refractivity contribution < 1.29 is 9.16 Å². The molecule has 3 aromatic rings. The highest BCUT2D eigenvalue weighted by molar-refractivity contribution is 7.18. The third-order valence-electron chi connectivity index (χ3n) is 6.72. The van der Waals surface area contributed by atoms with Crippen LogP contribution in [0.5, 0.6) is 6.01 Å². The minimum atomic E-state index is -1.80. The molecule has 0 spiro atoms. The Hall–Kier alpha value is -2.04. The lowest BCUT2D eigenvalue weighted by Gasteiger charge is -2.36. The summed E-state index contributed by atoms with van der Waals surface area (Å²) in [5.41, 5.74) is 0. The lowest BCUT2D eigenvalue weighted by Crippen LogP contribution is -2.41. The van der Waals surface area contributed by atoms with Crippen LogP contribution in [0.1, 0.15) is 50.6 Å². The number of aromatic nitrogens is 5. The first-order valence-corrected chi connectivity index (χ1v) is 15.5. The maximum Gasteiger partial charge on any atom is 0.319 e. The molecule has 0 atom stereocenters. The molecule has 10 heteroatoms. The van der Waals surface area contributed by atoms with Gasteiger partial charge in [-0.1, -0.05) is 34.1 Å². The monoisotopic (exact) mass is 488 g/mol. The van der Waals surface area contributed by atoms with E-state index < -0.39 is 8.32 Å². The molecule has 0 radical (unpaired) electrons. The van der Waals surface area contributed by atoms with Crippen molar-refractivity contribution >= 4 is 35.7 Å². The third kappa shape index (κ3) is 5.07. The number of rotatable bonds is 8. The molecule has 0 aromatic carbocycles. The molecule has 0 unspecified atom stereocenters. The van der Waals surface area contributed by atoms with Crippen LogP contribution in [0.25, 0.3) is 10.2 Å². The zero-order chi connectivity index (χ0) is 23.8. The SMILES string of the molecule is CCCc1cc2c(N3CCn4c(C)nnc4C3)nc(OCCO[Si](C)(C)C(C)(C)C)nc2s1. The van der Waals surface area contributed by atoms with E-state index in [1.165, 1.54) is 4.88 Å². The van der Waals surface area contributed by atoms with Crippen LogP contribution in [-0.2, 0) is 23.9 Å². The molecule has 0 aliphatic carbocycles. The Morgan fingerprint density at radius 3 is 2.64 bits per heavy atom. The van der Waals surface area contributed by atoms with Gasteiger partial charge in [0, 0.05) is 18.0 Å². The quantitative estimate of drug-likeness (QED) is 0.327. The van der Waals surface area contributed by atoms with Gasteiger partial charge in [0.05, 0.1) is 18.5 Å². The van der Waals surface area contributed by atoms with Crippen LogP contribution in [-0.4, -0.2) is 52.8 Å². The molecule has 0 fully saturated rings. The van der Waals surface area contributed by atoms with E-state index in [1.807, 2.05) is 6.92 Å². The Labute approximate surface area is 201 Å². The van der Waals surface area contributed by atoms with Crippen LogP contribution in [0.4, 0.5) is 5.82 Å². The van der Waals surface area contributed by atoms with Gasteiger partial charge in [0.15, 0.2) is 14.1 Å². The van der Waals surface area contributed by atoms with Crippen LogP contribution in [0.15, 0.2) is 6.07 Å². The fourth-order valence-corrected chi connectivity index (χ4v) is 5.88. The van der Waals surface area contributed by atoms with Gasteiger partial charge in [-0.25, -0.2) is 0 Å². The van der Waals surface area contributed by atoms with Crippen LogP contribution < -0.4 is 9.64 Å². The van der Waals surface area contributed by atoms with E-state index in [4.69, 9.17) is 19.1 Å². The molecule has 0 bridgehead atoms. The molecular formula is C23H36N6O2SSi. The number of aryl methyl sites for hydroxylation is 2. The lowest BCUT2D eigenvalue weighted by atomic mass is 10.2. The molecule has 1 aliphatic rings. The van der Waals surface area contributed by atoms with Gasteiger partial charge in [0.2, 0.25) is 0 Å². The fourth-order valence-electron chi connectivity index (χ4n) is 3.74. The van der Waals surface area contributed by atoms with Crippen molar-refractivity contribution in [3.8, 4) is 6.01 Å². The molecule has 4 rings (SSSR count). The maximum absolute atomic E-state index is 6.26. The number of fused-ring (bicyclic) bond motifs is 2. The molecule has 1 aliphatic heterocycles. The molecule has 0 saturated carbocycles. The maximum atomic E-state index is 6.26. The summed E-state index contributed by atoms with van der Waals surface area (Å²) in [6.07, 6.45) is 2.15. The Balaban J connectivity index is 1.55. The van der Waals surface area contributed by atoms with E-state index >= 15 is 0 Å². The highest BCUT2D eigenvalue weighted by Gasteiger charge is 2.37. The van der Waals surface area contributed by atoms with E-state index in [0.717, 1.165) is 53.6 Å². The van der Waals surface area contributed by atoms with Gasteiger partial charge < -0.3 is 18.6 Å². The van der Waals surface area contributed by atoms with Crippen LogP contribution in [0, 0.1) is 6.92 Å². The van der Waals surface area contributed by atoms with E-state index in [2.05, 4.69) is 66.5 Å². The van der Waals surface area contributed by atoms with Crippen molar-refractivity contribution in [2.24, 2.45) is 0 Å². The smallest absolute Gasteiger partial charge is 0.319 e. The first-order valence-electron chi connectivity index (χ1n) is 11.8. The second kappa shape index (κ2) is 9.30. The van der Waals surface area contributed by atoms with Crippen LogP contribution in [0.2, 0.25) is 18.1 Å². The van der Waals surface area contributed by atoms with Crippen molar-refractivity contribution in [1.29, 1.82) is 0 Å². The summed E-state index contributed by atoms with van der Waals surface area (Å²) in [5.74, 6) is 2.86. The first kappa shape index (κ1) is 24.1. The van der Waals surface area contributed by atoms with Gasteiger partial charge in [0.1, 0.15) is 23.1 Å². The molecular weight excluding hydrogens is 452 g/mol. The first-order chi connectivity index (χ1) is 15.6. The number of nitrogens with zero attached hydrogens (tertiary/aromatic N) is 6. The van der Waals surface area contributed by atoms with Gasteiger partial charge in [-0.05, 0) is 37.5 Å².